The van der Waals surface area contributed by atoms with Crippen LogP contribution in [-0.4, -0.2) is 30.2 Å². The molecule has 5 heteroatoms. The number of thiophene rings is 1. The fourth-order valence-electron chi connectivity index (χ4n) is 2.19. The van der Waals surface area contributed by atoms with E-state index in [0.717, 1.165) is 30.8 Å². The van der Waals surface area contributed by atoms with Crippen LogP contribution >= 0.6 is 11.3 Å². The molecule has 2 heterocycles. The van der Waals surface area contributed by atoms with Crippen LogP contribution in [0.15, 0.2) is 5.38 Å². The Morgan fingerprint density at radius 1 is 1.67 bits per heavy atom. The fraction of sp³-hybridized carbons (Fsp3) is 0.500. The Bertz CT molecular complexity index is 437. The van der Waals surface area contributed by atoms with Crippen molar-refractivity contribution in [3.8, 4) is 0 Å². The van der Waals surface area contributed by atoms with E-state index in [0.29, 0.717) is 4.88 Å². The number of rotatable bonds is 1. The van der Waals surface area contributed by atoms with Crippen LogP contribution in [0.2, 0.25) is 0 Å². The number of fused-ring (bicyclic) bond motifs is 1. The molecule has 80 valence electrons. The van der Waals surface area contributed by atoms with Crippen LogP contribution in [0.3, 0.4) is 0 Å². The minimum Gasteiger partial charge on any atom is -0.477 e. The van der Waals surface area contributed by atoms with Gasteiger partial charge in [0.15, 0.2) is 0 Å². The Morgan fingerprint density at radius 2 is 2.40 bits per heavy atom. The summed E-state index contributed by atoms with van der Waals surface area (Å²) in [6, 6.07) is 0. The van der Waals surface area contributed by atoms with Gasteiger partial charge < -0.3 is 15.3 Å². The molecule has 1 aliphatic heterocycles. The summed E-state index contributed by atoms with van der Waals surface area (Å²) in [6.45, 7) is 0.982. The number of aromatic carboxylic acids is 1. The molecular formula is C10H12N2O2S. The number of hydrogen-bond acceptors (Lipinski definition) is 4. The number of carboxylic acid groups (broad SMARTS) is 1. The third-order valence-corrected chi connectivity index (χ3v) is 4.12. The van der Waals surface area contributed by atoms with Crippen LogP contribution in [0, 0.1) is 0 Å². The number of anilines is 2. The Hall–Kier alpha value is -1.23. The number of nitrogens with one attached hydrogen (secondary N) is 1. The molecule has 0 amide bonds. The molecule has 15 heavy (non-hydrogen) atoms. The first-order valence-electron chi connectivity index (χ1n) is 4.95. The maximum atomic E-state index is 11.0. The molecule has 0 bridgehead atoms. The normalized spacial score (nSPS) is 21.0. The minimum absolute atomic E-state index is 0.160. The molecule has 1 aromatic rings. The SMILES string of the molecule is CN1CC2(CC2)Nc2c1csc2C(=O)O. The molecule has 1 saturated carbocycles. The fourth-order valence-corrected chi connectivity index (χ4v) is 3.09. The Labute approximate surface area is 91.5 Å². The zero-order valence-corrected chi connectivity index (χ0v) is 9.23. The zero-order valence-electron chi connectivity index (χ0n) is 8.41. The summed E-state index contributed by atoms with van der Waals surface area (Å²) in [4.78, 5) is 13.6. The van der Waals surface area contributed by atoms with Gasteiger partial charge in [0.2, 0.25) is 0 Å². The summed E-state index contributed by atoms with van der Waals surface area (Å²) < 4.78 is 0. The van der Waals surface area contributed by atoms with Gasteiger partial charge in [0, 0.05) is 19.0 Å². The van der Waals surface area contributed by atoms with Crippen molar-refractivity contribution in [3.05, 3.63) is 10.3 Å². The molecule has 0 atom stereocenters. The second kappa shape index (κ2) is 2.66. The van der Waals surface area contributed by atoms with Gasteiger partial charge in [0.05, 0.1) is 16.9 Å². The molecule has 2 aliphatic rings. The zero-order chi connectivity index (χ0) is 10.6. The van der Waals surface area contributed by atoms with E-state index < -0.39 is 5.97 Å². The topological polar surface area (TPSA) is 52.6 Å². The first-order valence-corrected chi connectivity index (χ1v) is 5.83. The van der Waals surface area contributed by atoms with E-state index in [1.165, 1.54) is 11.3 Å². The maximum Gasteiger partial charge on any atom is 0.348 e. The number of hydrogen-bond donors (Lipinski definition) is 2. The van der Waals surface area contributed by atoms with Gasteiger partial charge in [0.25, 0.3) is 0 Å². The summed E-state index contributed by atoms with van der Waals surface area (Å²) in [5, 5.41) is 14.4. The lowest BCUT2D eigenvalue weighted by Gasteiger charge is -2.33. The van der Waals surface area contributed by atoms with Crippen LogP contribution in [0.25, 0.3) is 0 Å². The summed E-state index contributed by atoms with van der Waals surface area (Å²) in [6.07, 6.45) is 2.29. The molecule has 0 radical (unpaired) electrons. The molecule has 1 aliphatic carbocycles. The number of nitrogens with zero attached hydrogens (tertiary/aromatic N) is 1. The molecule has 1 fully saturated rings. The highest BCUT2D eigenvalue weighted by atomic mass is 32.1. The van der Waals surface area contributed by atoms with E-state index in [-0.39, 0.29) is 5.54 Å². The Balaban J connectivity index is 2.08. The van der Waals surface area contributed by atoms with Crippen LogP contribution in [-0.2, 0) is 0 Å². The van der Waals surface area contributed by atoms with E-state index >= 15 is 0 Å². The maximum absolute atomic E-state index is 11.0. The molecule has 0 saturated heterocycles. The van der Waals surface area contributed by atoms with Gasteiger partial charge in [-0.2, -0.15) is 0 Å². The van der Waals surface area contributed by atoms with E-state index in [9.17, 15) is 4.79 Å². The van der Waals surface area contributed by atoms with Crippen molar-refractivity contribution in [1.29, 1.82) is 0 Å². The molecule has 1 spiro atoms. The highest BCUT2D eigenvalue weighted by Gasteiger charge is 2.47. The second-order valence-electron chi connectivity index (χ2n) is 4.39. The third-order valence-electron chi connectivity index (χ3n) is 3.16. The lowest BCUT2D eigenvalue weighted by atomic mass is 10.1. The third kappa shape index (κ3) is 1.23. The van der Waals surface area contributed by atoms with Gasteiger partial charge in [-0.1, -0.05) is 0 Å². The molecule has 0 unspecified atom stereocenters. The predicted molar refractivity (Wildman–Crippen MR) is 60.1 cm³/mol. The van der Waals surface area contributed by atoms with Gasteiger partial charge >= 0.3 is 5.97 Å². The molecular weight excluding hydrogens is 212 g/mol. The van der Waals surface area contributed by atoms with Gasteiger partial charge in [-0.3, -0.25) is 0 Å². The second-order valence-corrected chi connectivity index (χ2v) is 5.27. The Morgan fingerprint density at radius 3 is 3.00 bits per heavy atom. The van der Waals surface area contributed by atoms with E-state index in [2.05, 4.69) is 10.2 Å². The van der Waals surface area contributed by atoms with Crippen molar-refractivity contribution in [1.82, 2.24) is 0 Å². The largest absolute Gasteiger partial charge is 0.477 e. The lowest BCUT2D eigenvalue weighted by Crippen LogP contribution is -2.41. The monoisotopic (exact) mass is 224 g/mol. The van der Waals surface area contributed by atoms with Crippen LogP contribution in [0.5, 0.6) is 0 Å². The van der Waals surface area contributed by atoms with Crippen LogP contribution in [0.4, 0.5) is 11.4 Å². The molecule has 4 nitrogen and oxygen atoms in total. The van der Waals surface area contributed by atoms with E-state index in [1.54, 1.807) is 0 Å². The van der Waals surface area contributed by atoms with Crippen molar-refractivity contribution in [3.63, 3.8) is 0 Å². The Kier molecular flexibility index (Phi) is 1.60. The highest BCUT2D eigenvalue weighted by molar-refractivity contribution is 7.13. The minimum atomic E-state index is -0.833. The quantitative estimate of drug-likeness (QED) is 0.764. The van der Waals surface area contributed by atoms with Gasteiger partial charge in [-0.25, -0.2) is 4.79 Å². The number of carbonyl (C=O) groups is 1. The van der Waals surface area contributed by atoms with Gasteiger partial charge in [-0.05, 0) is 12.8 Å². The predicted octanol–water partition coefficient (Wildman–Crippen LogP) is 1.84. The van der Waals surface area contributed by atoms with Crippen molar-refractivity contribution < 1.29 is 9.90 Å². The van der Waals surface area contributed by atoms with Crippen LogP contribution in [0.1, 0.15) is 22.5 Å². The molecule has 3 rings (SSSR count). The first-order chi connectivity index (χ1) is 7.11. The van der Waals surface area contributed by atoms with Crippen molar-refractivity contribution in [2.45, 2.75) is 18.4 Å². The van der Waals surface area contributed by atoms with Crippen molar-refractivity contribution in [2.75, 3.05) is 23.8 Å². The van der Waals surface area contributed by atoms with E-state index in [1.807, 2.05) is 12.4 Å². The number of likely N-dealkylation sites (N-methyl/N-ethyl adjacent to an activating group) is 1. The summed E-state index contributed by atoms with van der Waals surface area (Å²) in [7, 11) is 2.03. The van der Waals surface area contributed by atoms with E-state index in [4.69, 9.17) is 5.11 Å². The van der Waals surface area contributed by atoms with Crippen molar-refractivity contribution in [2.24, 2.45) is 0 Å². The van der Waals surface area contributed by atoms with Gasteiger partial charge in [0.1, 0.15) is 4.88 Å². The molecule has 2 N–H and O–H groups in total. The summed E-state index contributed by atoms with van der Waals surface area (Å²) in [5.41, 5.74) is 2.00. The standard InChI is InChI=1S/C10H12N2O2S/c1-12-5-10(2-3-10)11-7-6(12)4-15-8(7)9(13)14/h4,11H,2-3,5H2,1H3,(H,13,14). The van der Waals surface area contributed by atoms with Crippen molar-refractivity contribution >= 4 is 28.7 Å². The first kappa shape index (κ1) is 9.03. The smallest absolute Gasteiger partial charge is 0.348 e. The molecule has 0 aromatic carbocycles. The van der Waals surface area contributed by atoms with Crippen LogP contribution < -0.4 is 10.2 Å². The average Bonchev–Trinajstić information content (AvgIpc) is 2.77. The summed E-state index contributed by atoms with van der Waals surface area (Å²) >= 11 is 1.30. The summed E-state index contributed by atoms with van der Waals surface area (Å²) in [5.74, 6) is -0.833. The lowest BCUT2D eigenvalue weighted by molar-refractivity contribution is 0.0703. The highest BCUT2D eigenvalue weighted by Crippen LogP contribution is 2.49. The molecule has 1 aromatic heterocycles. The number of carboxylic acids is 1. The van der Waals surface area contributed by atoms with Gasteiger partial charge in [-0.15, -0.1) is 11.3 Å². The average molecular weight is 224 g/mol.